The van der Waals surface area contributed by atoms with E-state index in [0.717, 1.165) is 32.7 Å². The zero-order chi connectivity index (χ0) is 11.6. The molecular formula is C12H23N3O. The maximum atomic E-state index is 5.00. The van der Waals surface area contributed by atoms with Crippen LogP contribution in [0.5, 0.6) is 0 Å². The molecule has 0 saturated carbocycles. The van der Waals surface area contributed by atoms with Crippen LogP contribution in [0.15, 0.2) is 12.4 Å². The van der Waals surface area contributed by atoms with E-state index < -0.39 is 0 Å². The third-order valence-electron chi connectivity index (χ3n) is 2.54. The molecule has 1 rings (SSSR count). The van der Waals surface area contributed by atoms with Crippen molar-refractivity contribution in [1.82, 2.24) is 15.1 Å². The fourth-order valence-corrected chi connectivity index (χ4v) is 1.58. The van der Waals surface area contributed by atoms with Gasteiger partial charge in [-0.1, -0.05) is 0 Å². The van der Waals surface area contributed by atoms with Gasteiger partial charge in [0.15, 0.2) is 0 Å². The molecule has 1 N–H and O–H groups in total. The molecule has 0 aliphatic carbocycles. The summed E-state index contributed by atoms with van der Waals surface area (Å²) < 4.78 is 6.96. The lowest BCUT2D eigenvalue weighted by molar-refractivity contribution is 0.192. The van der Waals surface area contributed by atoms with Gasteiger partial charge in [0.2, 0.25) is 0 Å². The standard InChI is InChI=1S/C12H23N3O/c1-3-15-11-12(10-14-15)9-13-7-5-4-6-8-16-2/h10-11,13H,3-9H2,1-2H3. The van der Waals surface area contributed by atoms with Gasteiger partial charge in [-0.2, -0.15) is 5.10 Å². The van der Waals surface area contributed by atoms with Crippen LogP contribution >= 0.6 is 0 Å². The van der Waals surface area contributed by atoms with Crippen LogP contribution in [0.2, 0.25) is 0 Å². The third-order valence-corrected chi connectivity index (χ3v) is 2.54. The van der Waals surface area contributed by atoms with E-state index in [4.69, 9.17) is 4.74 Å². The molecule has 0 saturated heterocycles. The zero-order valence-corrected chi connectivity index (χ0v) is 10.4. The minimum absolute atomic E-state index is 0.878. The van der Waals surface area contributed by atoms with Crippen molar-refractivity contribution in [2.24, 2.45) is 0 Å². The van der Waals surface area contributed by atoms with Gasteiger partial charge >= 0.3 is 0 Å². The Labute approximate surface area is 98.0 Å². The fourth-order valence-electron chi connectivity index (χ4n) is 1.58. The van der Waals surface area contributed by atoms with Gasteiger partial charge in [0, 0.05) is 38.6 Å². The maximum Gasteiger partial charge on any atom is 0.0534 e. The summed E-state index contributed by atoms with van der Waals surface area (Å²) in [6.07, 6.45) is 7.63. The molecule has 0 radical (unpaired) electrons. The fraction of sp³-hybridized carbons (Fsp3) is 0.750. The van der Waals surface area contributed by atoms with Gasteiger partial charge in [-0.05, 0) is 32.7 Å². The van der Waals surface area contributed by atoms with Crippen LogP contribution in [0.25, 0.3) is 0 Å². The van der Waals surface area contributed by atoms with Crippen molar-refractivity contribution in [2.45, 2.75) is 39.3 Å². The molecule has 4 nitrogen and oxygen atoms in total. The van der Waals surface area contributed by atoms with Crippen LogP contribution in [0.3, 0.4) is 0 Å². The zero-order valence-electron chi connectivity index (χ0n) is 10.4. The number of hydrogen-bond acceptors (Lipinski definition) is 3. The Morgan fingerprint density at radius 2 is 2.25 bits per heavy atom. The van der Waals surface area contributed by atoms with Crippen molar-refractivity contribution in [3.05, 3.63) is 18.0 Å². The Bertz CT molecular complexity index is 273. The van der Waals surface area contributed by atoms with E-state index in [2.05, 4.69) is 23.5 Å². The van der Waals surface area contributed by atoms with E-state index in [1.807, 2.05) is 10.9 Å². The number of methoxy groups -OCH3 is 1. The first kappa shape index (κ1) is 13.2. The number of rotatable bonds is 9. The van der Waals surface area contributed by atoms with E-state index in [9.17, 15) is 0 Å². The van der Waals surface area contributed by atoms with E-state index in [1.54, 1.807) is 7.11 Å². The van der Waals surface area contributed by atoms with Crippen LogP contribution in [0.4, 0.5) is 0 Å². The van der Waals surface area contributed by atoms with Crippen molar-refractivity contribution in [3.63, 3.8) is 0 Å². The molecule has 0 aliphatic heterocycles. The smallest absolute Gasteiger partial charge is 0.0534 e. The van der Waals surface area contributed by atoms with Crippen LogP contribution < -0.4 is 5.32 Å². The first-order chi connectivity index (χ1) is 7.86. The molecule has 0 fully saturated rings. The molecule has 16 heavy (non-hydrogen) atoms. The first-order valence-electron chi connectivity index (χ1n) is 6.07. The van der Waals surface area contributed by atoms with Gasteiger partial charge in [0.1, 0.15) is 0 Å². The molecule has 0 bridgehead atoms. The molecule has 1 aromatic rings. The van der Waals surface area contributed by atoms with E-state index in [1.165, 1.54) is 18.4 Å². The Balaban J connectivity index is 1.98. The number of ether oxygens (including phenoxy) is 1. The second-order valence-electron chi connectivity index (χ2n) is 3.93. The Morgan fingerprint density at radius 1 is 1.38 bits per heavy atom. The molecular weight excluding hydrogens is 202 g/mol. The number of nitrogens with zero attached hydrogens (tertiary/aromatic N) is 2. The van der Waals surface area contributed by atoms with E-state index in [0.29, 0.717) is 0 Å². The second-order valence-corrected chi connectivity index (χ2v) is 3.93. The average Bonchev–Trinajstić information content (AvgIpc) is 2.76. The summed E-state index contributed by atoms with van der Waals surface area (Å²) in [5, 5.41) is 7.66. The largest absolute Gasteiger partial charge is 0.385 e. The lowest BCUT2D eigenvalue weighted by Gasteiger charge is -2.02. The highest BCUT2D eigenvalue weighted by molar-refractivity contribution is 5.02. The summed E-state index contributed by atoms with van der Waals surface area (Å²) in [4.78, 5) is 0. The van der Waals surface area contributed by atoms with Crippen LogP contribution in [-0.2, 0) is 17.8 Å². The number of unbranched alkanes of at least 4 members (excludes halogenated alkanes) is 2. The Morgan fingerprint density at radius 3 is 2.94 bits per heavy atom. The van der Waals surface area contributed by atoms with Crippen LogP contribution in [0.1, 0.15) is 31.7 Å². The van der Waals surface area contributed by atoms with Gasteiger partial charge in [0.25, 0.3) is 0 Å². The van der Waals surface area contributed by atoms with Crippen molar-refractivity contribution in [2.75, 3.05) is 20.3 Å². The minimum atomic E-state index is 0.878. The predicted octanol–water partition coefficient (Wildman–Crippen LogP) is 1.81. The summed E-state index contributed by atoms with van der Waals surface area (Å²) >= 11 is 0. The molecule has 0 atom stereocenters. The van der Waals surface area contributed by atoms with Crippen molar-refractivity contribution >= 4 is 0 Å². The van der Waals surface area contributed by atoms with Crippen LogP contribution in [-0.4, -0.2) is 30.0 Å². The molecule has 0 spiro atoms. The Kier molecular flexibility index (Phi) is 6.85. The molecule has 0 unspecified atom stereocenters. The molecule has 1 heterocycles. The Hall–Kier alpha value is -0.870. The summed E-state index contributed by atoms with van der Waals surface area (Å²) in [6, 6.07) is 0. The van der Waals surface area contributed by atoms with Gasteiger partial charge in [-0.15, -0.1) is 0 Å². The van der Waals surface area contributed by atoms with E-state index in [-0.39, 0.29) is 0 Å². The summed E-state index contributed by atoms with van der Waals surface area (Å²) in [7, 11) is 1.75. The van der Waals surface area contributed by atoms with Gasteiger partial charge < -0.3 is 10.1 Å². The predicted molar refractivity (Wildman–Crippen MR) is 65.3 cm³/mol. The topological polar surface area (TPSA) is 39.1 Å². The highest BCUT2D eigenvalue weighted by Gasteiger charge is 1.96. The third kappa shape index (κ3) is 5.28. The highest BCUT2D eigenvalue weighted by Crippen LogP contribution is 1.98. The number of aromatic nitrogens is 2. The minimum Gasteiger partial charge on any atom is -0.385 e. The molecule has 0 amide bonds. The summed E-state index contributed by atoms with van der Waals surface area (Å²) in [5.74, 6) is 0. The number of hydrogen-bond donors (Lipinski definition) is 1. The van der Waals surface area contributed by atoms with Crippen molar-refractivity contribution < 1.29 is 4.74 Å². The molecule has 0 aromatic carbocycles. The second kappa shape index (κ2) is 8.30. The van der Waals surface area contributed by atoms with Gasteiger partial charge in [-0.25, -0.2) is 0 Å². The summed E-state index contributed by atoms with van der Waals surface area (Å²) in [5.41, 5.74) is 1.26. The molecule has 1 aromatic heterocycles. The van der Waals surface area contributed by atoms with Crippen LogP contribution in [0, 0.1) is 0 Å². The van der Waals surface area contributed by atoms with E-state index >= 15 is 0 Å². The quantitative estimate of drug-likeness (QED) is 0.651. The lowest BCUT2D eigenvalue weighted by atomic mass is 10.2. The number of nitrogens with one attached hydrogen (secondary N) is 1. The summed E-state index contributed by atoms with van der Waals surface area (Å²) in [6.45, 7) is 5.91. The van der Waals surface area contributed by atoms with Gasteiger partial charge in [-0.3, -0.25) is 4.68 Å². The SMILES string of the molecule is CCn1cc(CNCCCCCOC)cn1. The first-order valence-corrected chi connectivity index (χ1v) is 6.07. The average molecular weight is 225 g/mol. The number of aryl methyl sites for hydroxylation is 1. The normalized spacial score (nSPS) is 10.9. The lowest BCUT2D eigenvalue weighted by Crippen LogP contribution is -2.14. The highest BCUT2D eigenvalue weighted by atomic mass is 16.5. The monoisotopic (exact) mass is 225 g/mol. The molecule has 92 valence electrons. The van der Waals surface area contributed by atoms with Crippen molar-refractivity contribution in [3.8, 4) is 0 Å². The molecule has 0 aliphatic rings. The molecule has 4 heteroatoms. The maximum absolute atomic E-state index is 5.00. The van der Waals surface area contributed by atoms with Crippen molar-refractivity contribution in [1.29, 1.82) is 0 Å². The van der Waals surface area contributed by atoms with Gasteiger partial charge in [0.05, 0.1) is 6.20 Å².